The molecule has 0 aromatic heterocycles. The molecule has 2 aliphatic rings. The van der Waals surface area contributed by atoms with Crippen molar-refractivity contribution in [3.63, 3.8) is 0 Å². The molecule has 3 unspecified atom stereocenters. The van der Waals surface area contributed by atoms with Crippen LogP contribution in [0.25, 0.3) is 0 Å². The molecular formula is C8H15BrN2. The molecule has 0 spiro atoms. The van der Waals surface area contributed by atoms with E-state index in [0.29, 0.717) is 10.9 Å². The van der Waals surface area contributed by atoms with E-state index in [1.165, 1.54) is 25.7 Å². The summed E-state index contributed by atoms with van der Waals surface area (Å²) < 4.78 is 0. The Morgan fingerprint density at radius 2 is 2.09 bits per heavy atom. The molecular weight excluding hydrogens is 204 g/mol. The zero-order chi connectivity index (χ0) is 7.68. The van der Waals surface area contributed by atoms with E-state index in [2.05, 4.69) is 26.8 Å². The van der Waals surface area contributed by atoms with Gasteiger partial charge in [-0.3, -0.25) is 10.9 Å². The largest absolute Gasteiger partial charge is 0.258 e. The average Bonchev–Trinajstić information content (AvgIpc) is 2.06. The number of rotatable bonds is 0. The molecule has 11 heavy (non-hydrogen) atoms. The van der Waals surface area contributed by atoms with Crippen molar-refractivity contribution in [3.8, 4) is 0 Å². The van der Waals surface area contributed by atoms with Crippen LogP contribution >= 0.6 is 15.9 Å². The Balaban J connectivity index is 1.99. The molecule has 3 atom stereocenters. The number of hydrogen-bond acceptors (Lipinski definition) is 2. The van der Waals surface area contributed by atoms with Crippen molar-refractivity contribution >= 4 is 15.9 Å². The van der Waals surface area contributed by atoms with Gasteiger partial charge < -0.3 is 0 Å². The van der Waals surface area contributed by atoms with Crippen molar-refractivity contribution in [3.05, 3.63) is 0 Å². The lowest BCUT2D eigenvalue weighted by Crippen LogP contribution is -2.56. The monoisotopic (exact) mass is 218 g/mol. The van der Waals surface area contributed by atoms with Crippen LogP contribution in [0.1, 0.15) is 25.7 Å². The fourth-order valence-electron chi connectivity index (χ4n) is 2.21. The SMILES string of the molecule is BrC1CCCC2CCNNC12. The van der Waals surface area contributed by atoms with Crippen molar-refractivity contribution < 1.29 is 0 Å². The normalized spacial score (nSPS) is 45.0. The van der Waals surface area contributed by atoms with Gasteiger partial charge in [-0.1, -0.05) is 22.4 Å². The Morgan fingerprint density at radius 3 is 2.91 bits per heavy atom. The van der Waals surface area contributed by atoms with E-state index in [-0.39, 0.29) is 0 Å². The van der Waals surface area contributed by atoms with Crippen LogP contribution < -0.4 is 10.9 Å². The Hall–Kier alpha value is 0.400. The van der Waals surface area contributed by atoms with Crippen molar-refractivity contribution in [1.29, 1.82) is 0 Å². The maximum Gasteiger partial charge on any atom is 0.0366 e. The first kappa shape index (κ1) is 8.02. The summed E-state index contributed by atoms with van der Waals surface area (Å²) >= 11 is 3.73. The van der Waals surface area contributed by atoms with Crippen LogP contribution in [-0.2, 0) is 0 Å². The maximum absolute atomic E-state index is 3.73. The zero-order valence-corrected chi connectivity index (χ0v) is 8.23. The molecule has 3 heteroatoms. The molecule has 1 saturated carbocycles. The van der Waals surface area contributed by atoms with E-state index in [1.807, 2.05) is 0 Å². The summed E-state index contributed by atoms with van der Waals surface area (Å²) in [6, 6.07) is 0.678. The highest BCUT2D eigenvalue weighted by atomic mass is 79.9. The van der Waals surface area contributed by atoms with Crippen LogP contribution in [0.3, 0.4) is 0 Å². The first-order chi connectivity index (χ1) is 5.38. The van der Waals surface area contributed by atoms with Gasteiger partial charge in [0, 0.05) is 17.4 Å². The minimum absolute atomic E-state index is 0.678. The molecule has 0 radical (unpaired) electrons. The second kappa shape index (κ2) is 3.42. The molecule has 0 bridgehead atoms. The zero-order valence-electron chi connectivity index (χ0n) is 6.65. The van der Waals surface area contributed by atoms with Gasteiger partial charge in [-0.25, -0.2) is 0 Å². The van der Waals surface area contributed by atoms with Crippen LogP contribution in [0.5, 0.6) is 0 Å². The topological polar surface area (TPSA) is 24.1 Å². The molecule has 1 heterocycles. The quantitative estimate of drug-likeness (QED) is 0.602. The molecule has 1 aliphatic carbocycles. The standard InChI is InChI=1S/C8H15BrN2/c9-7-3-1-2-6-4-5-10-11-8(6)7/h6-8,10-11H,1-5H2. The van der Waals surface area contributed by atoms with Gasteiger partial charge in [0.2, 0.25) is 0 Å². The van der Waals surface area contributed by atoms with Crippen molar-refractivity contribution in [2.75, 3.05) is 6.54 Å². The van der Waals surface area contributed by atoms with Crippen LogP contribution in [0.15, 0.2) is 0 Å². The van der Waals surface area contributed by atoms with Gasteiger partial charge >= 0.3 is 0 Å². The highest BCUT2D eigenvalue weighted by Crippen LogP contribution is 2.32. The van der Waals surface area contributed by atoms with E-state index in [4.69, 9.17) is 0 Å². The molecule has 0 aromatic carbocycles. The molecule has 2 rings (SSSR count). The lowest BCUT2D eigenvalue weighted by atomic mass is 9.82. The number of halogens is 1. The van der Waals surface area contributed by atoms with Gasteiger partial charge in [0.25, 0.3) is 0 Å². The Bertz CT molecular complexity index is 138. The average molecular weight is 219 g/mol. The fraction of sp³-hybridized carbons (Fsp3) is 1.00. The molecule has 0 amide bonds. The highest BCUT2D eigenvalue weighted by Gasteiger charge is 2.33. The third-order valence-corrected chi connectivity index (χ3v) is 3.89. The first-order valence-electron chi connectivity index (χ1n) is 4.50. The Labute approximate surface area is 76.2 Å². The minimum Gasteiger partial charge on any atom is -0.258 e. The summed E-state index contributed by atoms with van der Waals surface area (Å²) in [6.07, 6.45) is 5.50. The smallest absolute Gasteiger partial charge is 0.0366 e. The number of alkyl halides is 1. The van der Waals surface area contributed by atoms with Crippen LogP contribution in [-0.4, -0.2) is 17.4 Å². The molecule has 1 saturated heterocycles. The second-order valence-corrected chi connectivity index (χ2v) is 4.77. The van der Waals surface area contributed by atoms with Crippen LogP contribution in [0, 0.1) is 5.92 Å². The van der Waals surface area contributed by atoms with E-state index in [9.17, 15) is 0 Å². The Morgan fingerprint density at radius 1 is 1.18 bits per heavy atom. The van der Waals surface area contributed by atoms with Gasteiger partial charge in [-0.05, 0) is 25.2 Å². The minimum atomic E-state index is 0.678. The molecule has 2 N–H and O–H groups in total. The second-order valence-electron chi connectivity index (χ2n) is 3.59. The van der Waals surface area contributed by atoms with Gasteiger partial charge in [0.1, 0.15) is 0 Å². The molecule has 1 aliphatic heterocycles. The first-order valence-corrected chi connectivity index (χ1v) is 5.42. The lowest BCUT2D eigenvalue weighted by Gasteiger charge is -2.39. The van der Waals surface area contributed by atoms with Gasteiger partial charge in [-0.2, -0.15) is 0 Å². The lowest BCUT2D eigenvalue weighted by molar-refractivity contribution is 0.194. The van der Waals surface area contributed by atoms with Crippen molar-refractivity contribution in [2.24, 2.45) is 5.92 Å². The number of hydrazine groups is 1. The van der Waals surface area contributed by atoms with Gasteiger partial charge in [0.05, 0.1) is 0 Å². The van der Waals surface area contributed by atoms with Gasteiger partial charge in [-0.15, -0.1) is 0 Å². The third kappa shape index (κ3) is 1.60. The van der Waals surface area contributed by atoms with E-state index in [1.54, 1.807) is 0 Å². The summed E-state index contributed by atoms with van der Waals surface area (Å²) in [6.45, 7) is 1.14. The van der Waals surface area contributed by atoms with Crippen molar-refractivity contribution in [1.82, 2.24) is 10.9 Å². The van der Waals surface area contributed by atoms with Crippen LogP contribution in [0.4, 0.5) is 0 Å². The summed E-state index contributed by atoms with van der Waals surface area (Å²) in [5.41, 5.74) is 6.61. The number of hydrogen-bond donors (Lipinski definition) is 2. The molecule has 2 fully saturated rings. The third-order valence-electron chi connectivity index (χ3n) is 2.86. The Kier molecular flexibility index (Phi) is 2.49. The predicted molar refractivity (Wildman–Crippen MR) is 49.6 cm³/mol. The number of nitrogens with one attached hydrogen (secondary N) is 2. The van der Waals surface area contributed by atoms with E-state index in [0.717, 1.165) is 12.5 Å². The fourth-order valence-corrected chi connectivity index (χ4v) is 3.10. The molecule has 2 nitrogen and oxygen atoms in total. The summed E-state index contributed by atoms with van der Waals surface area (Å²) in [7, 11) is 0. The van der Waals surface area contributed by atoms with Crippen LogP contribution in [0.2, 0.25) is 0 Å². The van der Waals surface area contributed by atoms with Crippen molar-refractivity contribution in [2.45, 2.75) is 36.6 Å². The molecule has 64 valence electrons. The van der Waals surface area contributed by atoms with E-state index < -0.39 is 0 Å². The highest BCUT2D eigenvalue weighted by molar-refractivity contribution is 9.09. The predicted octanol–water partition coefficient (Wildman–Crippen LogP) is 1.42. The summed E-state index contributed by atoms with van der Waals surface area (Å²) in [5, 5.41) is 0. The van der Waals surface area contributed by atoms with E-state index >= 15 is 0 Å². The number of fused-ring (bicyclic) bond motifs is 1. The summed E-state index contributed by atoms with van der Waals surface area (Å²) in [4.78, 5) is 0.689. The summed E-state index contributed by atoms with van der Waals surface area (Å²) in [5.74, 6) is 0.911. The van der Waals surface area contributed by atoms with Gasteiger partial charge in [0.15, 0.2) is 0 Å². The maximum atomic E-state index is 3.73. The molecule has 0 aromatic rings.